The van der Waals surface area contributed by atoms with Crippen molar-refractivity contribution in [1.29, 1.82) is 0 Å². The van der Waals surface area contributed by atoms with Crippen LogP contribution in [0.3, 0.4) is 0 Å². The van der Waals surface area contributed by atoms with E-state index >= 15 is 0 Å². The Morgan fingerprint density at radius 3 is 2.19 bits per heavy atom. The number of anilines is 2. The second-order valence-corrected chi connectivity index (χ2v) is 6.15. The van der Waals surface area contributed by atoms with E-state index in [0.29, 0.717) is 11.4 Å². The van der Waals surface area contributed by atoms with Crippen LogP contribution < -0.4 is 10.6 Å². The molecule has 0 atom stereocenters. The number of nitrogens with zero attached hydrogens (tertiary/aromatic N) is 1. The number of carbonyl (C=O) groups is 2. The predicted molar refractivity (Wildman–Crippen MR) is 102 cm³/mol. The Hall–Kier alpha value is -3.54. The standard InChI is InChI=1S/C21H18FN3O2/c1-13-9-10-17(14(2)11-13)25-21(27)19-8-4-7-18(24-19)20(26)23-16-6-3-5-15(22)12-16/h3-12H,1-2H3,(H,23,26)(H,25,27). The maximum atomic E-state index is 13.2. The number of hydrogen-bond acceptors (Lipinski definition) is 3. The number of amides is 2. The molecule has 6 heteroatoms. The zero-order chi connectivity index (χ0) is 19.4. The highest BCUT2D eigenvalue weighted by Gasteiger charge is 2.14. The van der Waals surface area contributed by atoms with E-state index in [2.05, 4.69) is 15.6 Å². The number of pyridine rings is 1. The largest absolute Gasteiger partial charge is 0.321 e. The molecule has 2 N–H and O–H groups in total. The highest BCUT2D eigenvalue weighted by Crippen LogP contribution is 2.17. The molecule has 1 aromatic heterocycles. The van der Waals surface area contributed by atoms with Gasteiger partial charge in [-0.25, -0.2) is 9.37 Å². The average Bonchev–Trinajstić information content (AvgIpc) is 2.64. The molecule has 0 spiro atoms. The van der Waals surface area contributed by atoms with Crippen molar-refractivity contribution in [3.8, 4) is 0 Å². The van der Waals surface area contributed by atoms with E-state index in [4.69, 9.17) is 0 Å². The Labute approximate surface area is 156 Å². The minimum atomic E-state index is -0.526. The van der Waals surface area contributed by atoms with Crippen LogP contribution in [-0.2, 0) is 0 Å². The molecule has 3 aromatic rings. The Balaban J connectivity index is 1.76. The highest BCUT2D eigenvalue weighted by molar-refractivity contribution is 6.06. The molecule has 0 saturated heterocycles. The lowest BCUT2D eigenvalue weighted by molar-refractivity contribution is 0.101. The number of nitrogens with one attached hydrogen (secondary N) is 2. The summed E-state index contributed by atoms with van der Waals surface area (Å²) in [7, 11) is 0. The van der Waals surface area contributed by atoms with Gasteiger partial charge in [-0.1, -0.05) is 29.8 Å². The van der Waals surface area contributed by atoms with E-state index in [0.717, 1.165) is 11.1 Å². The van der Waals surface area contributed by atoms with Crippen molar-refractivity contribution in [2.75, 3.05) is 10.6 Å². The lowest BCUT2D eigenvalue weighted by Gasteiger charge is -2.10. The fourth-order valence-electron chi connectivity index (χ4n) is 2.59. The fraction of sp³-hybridized carbons (Fsp3) is 0.0952. The predicted octanol–water partition coefficient (Wildman–Crippen LogP) is 4.34. The van der Waals surface area contributed by atoms with E-state index in [-0.39, 0.29) is 11.4 Å². The van der Waals surface area contributed by atoms with Crippen LogP contribution in [-0.4, -0.2) is 16.8 Å². The minimum Gasteiger partial charge on any atom is -0.321 e. The first-order chi connectivity index (χ1) is 12.9. The zero-order valence-electron chi connectivity index (χ0n) is 14.9. The molecule has 3 rings (SSSR count). The molecule has 0 fully saturated rings. The molecule has 2 aromatic carbocycles. The van der Waals surface area contributed by atoms with Crippen molar-refractivity contribution < 1.29 is 14.0 Å². The lowest BCUT2D eigenvalue weighted by Crippen LogP contribution is -2.18. The number of benzene rings is 2. The van der Waals surface area contributed by atoms with Crippen molar-refractivity contribution in [2.45, 2.75) is 13.8 Å². The van der Waals surface area contributed by atoms with E-state index in [1.165, 1.54) is 30.3 Å². The summed E-state index contributed by atoms with van der Waals surface area (Å²) in [6.07, 6.45) is 0. The third kappa shape index (κ3) is 4.55. The first kappa shape index (κ1) is 18.3. The summed E-state index contributed by atoms with van der Waals surface area (Å²) in [5, 5.41) is 5.35. The van der Waals surface area contributed by atoms with Gasteiger partial charge < -0.3 is 10.6 Å². The van der Waals surface area contributed by atoms with Gasteiger partial charge in [-0.15, -0.1) is 0 Å². The number of rotatable bonds is 4. The monoisotopic (exact) mass is 363 g/mol. The van der Waals surface area contributed by atoms with Crippen molar-refractivity contribution in [3.05, 3.63) is 89.0 Å². The van der Waals surface area contributed by atoms with Gasteiger partial charge in [0.1, 0.15) is 17.2 Å². The van der Waals surface area contributed by atoms with Crippen molar-refractivity contribution in [3.63, 3.8) is 0 Å². The second-order valence-electron chi connectivity index (χ2n) is 6.15. The van der Waals surface area contributed by atoms with Crippen LogP contribution >= 0.6 is 0 Å². The average molecular weight is 363 g/mol. The molecular formula is C21H18FN3O2. The third-order valence-corrected chi connectivity index (χ3v) is 3.93. The number of aryl methyl sites for hydroxylation is 2. The van der Waals surface area contributed by atoms with Gasteiger partial charge in [0.15, 0.2) is 0 Å². The molecular weight excluding hydrogens is 345 g/mol. The minimum absolute atomic E-state index is 0.0625. The molecule has 1 heterocycles. The van der Waals surface area contributed by atoms with E-state index in [9.17, 15) is 14.0 Å². The Bertz CT molecular complexity index is 1020. The number of halogens is 1. The van der Waals surface area contributed by atoms with Gasteiger partial charge in [-0.05, 0) is 55.8 Å². The Morgan fingerprint density at radius 2 is 1.52 bits per heavy atom. The summed E-state index contributed by atoms with van der Waals surface area (Å²) in [5.41, 5.74) is 3.20. The van der Waals surface area contributed by atoms with E-state index in [1.54, 1.807) is 12.1 Å². The zero-order valence-corrected chi connectivity index (χ0v) is 14.9. The van der Waals surface area contributed by atoms with E-state index < -0.39 is 17.6 Å². The van der Waals surface area contributed by atoms with Gasteiger partial charge in [0, 0.05) is 11.4 Å². The molecule has 136 valence electrons. The van der Waals surface area contributed by atoms with Crippen LogP contribution in [0.4, 0.5) is 15.8 Å². The molecule has 0 unspecified atom stereocenters. The van der Waals surface area contributed by atoms with Crippen LogP contribution in [0.25, 0.3) is 0 Å². The summed E-state index contributed by atoms with van der Waals surface area (Å²) >= 11 is 0. The Kier molecular flexibility index (Phi) is 5.26. The van der Waals surface area contributed by atoms with Crippen molar-refractivity contribution >= 4 is 23.2 Å². The van der Waals surface area contributed by atoms with Gasteiger partial charge in [-0.2, -0.15) is 0 Å². The molecule has 0 saturated carbocycles. The van der Waals surface area contributed by atoms with Gasteiger partial charge in [0.2, 0.25) is 0 Å². The molecule has 0 bridgehead atoms. The molecule has 5 nitrogen and oxygen atoms in total. The van der Waals surface area contributed by atoms with Gasteiger partial charge >= 0.3 is 0 Å². The molecule has 0 radical (unpaired) electrons. The third-order valence-electron chi connectivity index (χ3n) is 3.93. The van der Waals surface area contributed by atoms with Gasteiger partial charge in [0.05, 0.1) is 0 Å². The van der Waals surface area contributed by atoms with Gasteiger partial charge in [0.25, 0.3) is 11.8 Å². The first-order valence-electron chi connectivity index (χ1n) is 8.35. The second kappa shape index (κ2) is 7.78. The molecule has 0 aliphatic carbocycles. The van der Waals surface area contributed by atoms with Crippen LogP contribution in [0, 0.1) is 19.7 Å². The van der Waals surface area contributed by atoms with Crippen molar-refractivity contribution in [2.24, 2.45) is 0 Å². The van der Waals surface area contributed by atoms with Crippen LogP contribution in [0.1, 0.15) is 32.1 Å². The lowest BCUT2D eigenvalue weighted by atomic mass is 10.1. The quantitative estimate of drug-likeness (QED) is 0.724. The molecule has 0 aliphatic heterocycles. The maximum absolute atomic E-state index is 13.2. The maximum Gasteiger partial charge on any atom is 0.274 e. The molecule has 27 heavy (non-hydrogen) atoms. The summed E-state index contributed by atoms with van der Waals surface area (Å²) in [4.78, 5) is 28.9. The SMILES string of the molecule is Cc1ccc(NC(=O)c2cccc(C(=O)Nc3cccc(F)c3)n2)c(C)c1. The molecule has 2 amide bonds. The number of carbonyl (C=O) groups excluding carboxylic acids is 2. The summed E-state index contributed by atoms with van der Waals surface area (Å²) in [6, 6.07) is 15.8. The normalized spacial score (nSPS) is 10.3. The van der Waals surface area contributed by atoms with Crippen LogP contribution in [0.5, 0.6) is 0 Å². The topological polar surface area (TPSA) is 71.1 Å². The van der Waals surface area contributed by atoms with Crippen LogP contribution in [0.2, 0.25) is 0 Å². The Morgan fingerprint density at radius 1 is 0.852 bits per heavy atom. The number of hydrogen-bond donors (Lipinski definition) is 2. The van der Waals surface area contributed by atoms with E-state index in [1.807, 2.05) is 32.0 Å². The first-order valence-corrected chi connectivity index (χ1v) is 8.35. The number of aromatic nitrogens is 1. The summed E-state index contributed by atoms with van der Waals surface area (Å²) < 4.78 is 13.2. The fourth-order valence-corrected chi connectivity index (χ4v) is 2.59. The van der Waals surface area contributed by atoms with Crippen molar-refractivity contribution in [1.82, 2.24) is 4.98 Å². The molecule has 0 aliphatic rings. The van der Waals surface area contributed by atoms with Crippen LogP contribution in [0.15, 0.2) is 60.7 Å². The highest BCUT2D eigenvalue weighted by atomic mass is 19.1. The summed E-state index contributed by atoms with van der Waals surface area (Å²) in [5.74, 6) is -1.40. The smallest absolute Gasteiger partial charge is 0.274 e. The summed E-state index contributed by atoms with van der Waals surface area (Å²) in [6.45, 7) is 3.87. The van der Waals surface area contributed by atoms with Gasteiger partial charge in [-0.3, -0.25) is 9.59 Å².